The van der Waals surface area contributed by atoms with Crippen LogP contribution in [0.3, 0.4) is 0 Å². The van der Waals surface area contributed by atoms with Crippen LogP contribution in [-0.4, -0.2) is 4.57 Å². The van der Waals surface area contributed by atoms with Gasteiger partial charge in [-0.15, -0.1) is 11.3 Å². The molecule has 0 saturated heterocycles. The lowest BCUT2D eigenvalue weighted by atomic mass is 9.84. The molecule has 0 bridgehead atoms. The topological polar surface area (TPSA) is 4.93 Å². The second kappa shape index (κ2) is 9.44. The number of benzene rings is 3. The zero-order chi connectivity index (χ0) is 24.7. The van der Waals surface area contributed by atoms with Gasteiger partial charge in [0.2, 0.25) is 0 Å². The molecular formula is C32H32BrNS. The van der Waals surface area contributed by atoms with Crippen LogP contribution in [0.15, 0.2) is 88.7 Å². The molecular weight excluding hydrogens is 510 g/mol. The van der Waals surface area contributed by atoms with Crippen LogP contribution in [0.2, 0.25) is 0 Å². The van der Waals surface area contributed by atoms with Crippen molar-refractivity contribution >= 4 is 38.2 Å². The summed E-state index contributed by atoms with van der Waals surface area (Å²) in [7, 11) is 0. The SMILES string of the molecule is CC(C)Cc1cc(-n2c(-c3ccccc3)c(-c3ccc(Br)s3)c3ccccc32)cc(C(C)(C)C)c1. The molecule has 0 amide bonds. The predicted molar refractivity (Wildman–Crippen MR) is 157 cm³/mol. The van der Waals surface area contributed by atoms with Crippen molar-refractivity contribution in [1.82, 2.24) is 4.57 Å². The molecule has 5 rings (SSSR count). The number of para-hydroxylation sites is 1. The molecule has 0 saturated carbocycles. The number of nitrogens with zero attached hydrogens (tertiary/aromatic N) is 1. The summed E-state index contributed by atoms with van der Waals surface area (Å²) in [6, 6.07) is 31.3. The van der Waals surface area contributed by atoms with E-state index in [0.717, 1.165) is 10.2 Å². The Morgan fingerprint density at radius 3 is 2.23 bits per heavy atom. The molecule has 2 aromatic heterocycles. The molecule has 0 atom stereocenters. The van der Waals surface area contributed by atoms with Gasteiger partial charge in [0.05, 0.1) is 15.0 Å². The summed E-state index contributed by atoms with van der Waals surface area (Å²) in [6.07, 6.45) is 1.07. The molecule has 0 fully saturated rings. The maximum atomic E-state index is 3.70. The Bertz CT molecular complexity index is 1480. The van der Waals surface area contributed by atoms with Gasteiger partial charge < -0.3 is 4.57 Å². The molecule has 3 heteroatoms. The fraction of sp³-hybridized carbons (Fsp3) is 0.250. The van der Waals surface area contributed by atoms with Crippen LogP contribution in [-0.2, 0) is 11.8 Å². The first-order valence-corrected chi connectivity index (χ1v) is 13.9. The highest BCUT2D eigenvalue weighted by atomic mass is 79.9. The number of rotatable bonds is 5. The summed E-state index contributed by atoms with van der Waals surface area (Å²) in [5.74, 6) is 0.604. The van der Waals surface area contributed by atoms with Gasteiger partial charge in [-0.3, -0.25) is 0 Å². The Morgan fingerprint density at radius 1 is 0.857 bits per heavy atom. The van der Waals surface area contributed by atoms with Gasteiger partial charge in [0.25, 0.3) is 0 Å². The molecule has 1 nitrogen and oxygen atoms in total. The van der Waals surface area contributed by atoms with Crippen molar-refractivity contribution < 1.29 is 0 Å². The van der Waals surface area contributed by atoms with E-state index in [4.69, 9.17) is 0 Å². The lowest BCUT2D eigenvalue weighted by molar-refractivity contribution is 0.585. The molecule has 3 aromatic carbocycles. The molecule has 0 unspecified atom stereocenters. The van der Waals surface area contributed by atoms with E-state index in [1.807, 2.05) is 0 Å². The largest absolute Gasteiger partial charge is 0.309 e. The number of aromatic nitrogens is 1. The van der Waals surface area contributed by atoms with Gasteiger partial charge in [-0.25, -0.2) is 0 Å². The van der Waals surface area contributed by atoms with Crippen molar-refractivity contribution in [3.8, 4) is 27.4 Å². The molecule has 35 heavy (non-hydrogen) atoms. The van der Waals surface area contributed by atoms with Gasteiger partial charge >= 0.3 is 0 Å². The third-order valence-electron chi connectivity index (χ3n) is 6.49. The van der Waals surface area contributed by atoms with Crippen LogP contribution >= 0.6 is 27.3 Å². The first-order valence-electron chi connectivity index (χ1n) is 12.3. The predicted octanol–water partition coefficient (Wildman–Crippen LogP) is 10.3. The smallest absolute Gasteiger partial charge is 0.0705 e. The minimum Gasteiger partial charge on any atom is -0.309 e. The summed E-state index contributed by atoms with van der Waals surface area (Å²) < 4.78 is 3.64. The van der Waals surface area contributed by atoms with Crippen molar-refractivity contribution in [3.63, 3.8) is 0 Å². The second-order valence-electron chi connectivity index (χ2n) is 10.8. The van der Waals surface area contributed by atoms with Gasteiger partial charge in [0.15, 0.2) is 0 Å². The molecule has 0 aliphatic carbocycles. The van der Waals surface area contributed by atoms with Crippen molar-refractivity contribution in [2.75, 3.05) is 0 Å². The van der Waals surface area contributed by atoms with Crippen LogP contribution in [0.4, 0.5) is 0 Å². The molecule has 0 aliphatic heterocycles. The minimum atomic E-state index is 0.0685. The van der Waals surface area contributed by atoms with Crippen LogP contribution in [0.5, 0.6) is 0 Å². The number of thiophene rings is 1. The third kappa shape index (κ3) is 4.77. The first kappa shape index (κ1) is 24.1. The highest BCUT2D eigenvalue weighted by Crippen LogP contribution is 2.46. The maximum absolute atomic E-state index is 3.70. The highest BCUT2D eigenvalue weighted by molar-refractivity contribution is 9.11. The number of halogens is 1. The average Bonchev–Trinajstić information content (AvgIpc) is 3.39. The fourth-order valence-electron chi connectivity index (χ4n) is 4.90. The Hall–Kier alpha value is -2.62. The van der Waals surface area contributed by atoms with Crippen LogP contribution in [0.1, 0.15) is 45.7 Å². The van der Waals surface area contributed by atoms with E-state index in [9.17, 15) is 0 Å². The normalized spacial score (nSPS) is 12.1. The Morgan fingerprint density at radius 2 is 1.57 bits per heavy atom. The molecule has 0 N–H and O–H groups in total. The Labute approximate surface area is 221 Å². The third-order valence-corrected chi connectivity index (χ3v) is 8.13. The molecule has 0 aliphatic rings. The summed E-state index contributed by atoms with van der Waals surface area (Å²) in [5.41, 5.74) is 9.12. The van der Waals surface area contributed by atoms with Crippen molar-refractivity contribution in [2.45, 2.75) is 46.5 Å². The van der Waals surface area contributed by atoms with E-state index in [2.05, 4.69) is 140 Å². The quantitative estimate of drug-likeness (QED) is 0.208. The van der Waals surface area contributed by atoms with E-state index in [0.29, 0.717) is 5.92 Å². The second-order valence-corrected chi connectivity index (χ2v) is 13.2. The van der Waals surface area contributed by atoms with Gasteiger partial charge in [-0.2, -0.15) is 0 Å². The summed E-state index contributed by atoms with van der Waals surface area (Å²) >= 11 is 5.50. The maximum Gasteiger partial charge on any atom is 0.0705 e. The highest BCUT2D eigenvalue weighted by Gasteiger charge is 2.24. The van der Waals surface area contributed by atoms with Crippen molar-refractivity contribution in [3.05, 3.63) is 99.8 Å². The molecule has 5 aromatic rings. The fourth-order valence-corrected chi connectivity index (χ4v) is 6.35. The zero-order valence-corrected chi connectivity index (χ0v) is 23.5. The van der Waals surface area contributed by atoms with E-state index in [-0.39, 0.29) is 5.41 Å². The Balaban J connectivity index is 1.91. The molecule has 2 heterocycles. The van der Waals surface area contributed by atoms with Crippen LogP contribution in [0.25, 0.3) is 38.3 Å². The van der Waals surface area contributed by atoms with E-state index in [1.165, 1.54) is 49.4 Å². The summed E-state index contributed by atoms with van der Waals surface area (Å²) in [6.45, 7) is 11.5. The van der Waals surface area contributed by atoms with E-state index >= 15 is 0 Å². The molecule has 0 radical (unpaired) electrons. The van der Waals surface area contributed by atoms with Gasteiger partial charge in [0, 0.05) is 21.5 Å². The number of fused-ring (bicyclic) bond motifs is 1. The molecule has 178 valence electrons. The monoisotopic (exact) mass is 541 g/mol. The lowest BCUT2D eigenvalue weighted by Crippen LogP contribution is -2.13. The lowest BCUT2D eigenvalue weighted by Gasteiger charge is -2.23. The Kier molecular flexibility index (Phi) is 6.50. The van der Waals surface area contributed by atoms with E-state index < -0.39 is 0 Å². The van der Waals surface area contributed by atoms with Crippen LogP contribution in [0, 0.1) is 5.92 Å². The minimum absolute atomic E-state index is 0.0685. The van der Waals surface area contributed by atoms with Gasteiger partial charge in [-0.05, 0) is 80.7 Å². The van der Waals surface area contributed by atoms with Crippen molar-refractivity contribution in [1.29, 1.82) is 0 Å². The van der Waals surface area contributed by atoms with Crippen LogP contribution < -0.4 is 0 Å². The number of hydrogen-bond acceptors (Lipinski definition) is 1. The average molecular weight is 543 g/mol. The zero-order valence-electron chi connectivity index (χ0n) is 21.1. The standard InChI is InChI=1S/C32H32BrNS/c1-21(2)17-22-18-24(32(3,4)5)20-25(19-22)34-27-14-10-9-13-26(27)30(28-15-16-29(33)35-28)31(34)23-11-7-6-8-12-23/h6-16,18-21H,17H2,1-5H3. The van der Waals surface area contributed by atoms with Gasteiger partial charge in [-0.1, -0.05) is 89.2 Å². The summed E-state index contributed by atoms with van der Waals surface area (Å²) in [5, 5.41) is 1.28. The molecule has 0 spiro atoms. The van der Waals surface area contributed by atoms with E-state index in [1.54, 1.807) is 11.3 Å². The first-order chi connectivity index (χ1) is 16.7. The number of hydrogen-bond donors (Lipinski definition) is 0. The summed E-state index contributed by atoms with van der Waals surface area (Å²) in [4.78, 5) is 1.28. The van der Waals surface area contributed by atoms with Gasteiger partial charge in [0.1, 0.15) is 0 Å². The van der Waals surface area contributed by atoms with Crippen molar-refractivity contribution in [2.24, 2.45) is 5.92 Å².